The number of ketones is 1. The Morgan fingerprint density at radius 2 is 1.77 bits per heavy atom. The first-order valence-corrected chi connectivity index (χ1v) is 9.55. The van der Waals surface area contributed by atoms with Gasteiger partial charge in [-0.3, -0.25) is 14.5 Å². The maximum atomic E-state index is 13.7. The third-order valence-corrected chi connectivity index (χ3v) is 5.26. The number of aryl methyl sites for hydroxylation is 2. The number of benzene rings is 2. The Hall–Kier alpha value is -3.38. The lowest BCUT2D eigenvalue weighted by Crippen LogP contribution is -2.29. The van der Waals surface area contributed by atoms with Crippen molar-refractivity contribution in [2.24, 2.45) is 0 Å². The van der Waals surface area contributed by atoms with Crippen molar-refractivity contribution in [2.75, 3.05) is 4.90 Å². The average molecular weight is 426 g/mol. The highest BCUT2D eigenvalue weighted by atomic mass is 35.5. The second-order valence-electron chi connectivity index (χ2n) is 7.06. The van der Waals surface area contributed by atoms with Crippen molar-refractivity contribution in [1.82, 2.24) is 0 Å². The molecule has 30 heavy (non-hydrogen) atoms. The molecule has 1 aliphatic rings. The van der Waals surface area contributed by atoms with E-state index < -0.39 is 29.3 Å². The molecule has 152 valence electrons. The number of anilines is 1. The van der Waals surface area contributed by atoms with E-state index in [0.29, 0.717) is 27.8 Å². The quantitative estimate of drug-likeness (QED) is 0.350. The van der Waals surface area contributed by atoms with Crippen molar-refractivity contribution in [3.8, 4) is 0 Å². The molecule has 4 rings (SSSR count). The molecule has 1 atom stereocenters. The highest BCUT2D eigenvalue weighted by Crippen LogP contribution is 2.42. The Bertz CT molecular complexity index is 1200. The highest BCUT2D eigenvalue weighted by molar-refractivity contribution is 6.51. The van der Waals surface area contributed by atoms with Gasteiger partial charge in [0, 0.05) is 16.3 Å². The van der Waals surface area contributed by atoms with E-state index >= 15 is 0 Å². The normalized spacial score (nSPS) is 18.3. The van der Waals surface area contributed by atoms with Crippen LogP contribution in [0.2, 0.25) is 5.02 Å². The summed E-state index contributed by atoms with van der Waals surface area (Å²) in [4.78, 5) is 27.2. The van der Waals surface area contributed by atoms with Gasteiger partial charge in [0.05, 0.1) is 5.57 Å². The molecule has 1 amide bonds. The molecule has 5 nitrogen and oxygen atoms in total. The van der Waals surface area contributed by atoms with Gasteiger partial charge in [0.1, 0.15) is 29.1 Å². The number of carbonyl (C=O) groups is 2. The Balaban J connectivity index is 1.94. The van der Waals surface area contributed by atoms with Crippen LogP contribution in [0.4, 0.5) is 10.1 Å². The van der Waals surface area contributed by atoms with Crippen molar-refractivity contribution in [1.29, 1.82) is 0 Å². The summed E-state index contributed by atoms with van der Waals surface area (Å²) in [5.74, 6) is -1.59. The van der Waals surface area contributed by atoms with Gasteiger partial charge in [-0.2, -0.15) is 0 Å². The van der Waals surface area contributed by atoms with Gasteiger partial charge in [-0.25, -0.2) is 4.39 Å². The number of hydrogen-bond acceptors (Lipinski definition) is 4. The molecule has 0 bridgehead atoms. The molecule has 1 aromatic heterocycles. The second kappa shape index (κ2) is 7.46. The fourth-order valence-electron chi connectivity index (χ4n) is 3.52. The molecule has 1 N–H and O–H groups in total. The van der Waals surface area contributed by atoms with E-state index in [4.69, 9.17) is 16.0 Å². The number of carbonyl (C=O) groups excluding carboxylic acids is 2. The number of furan rings is 1. The summed E-state index contributed by atoms with van der Waals surface area (Å²) in [6.07, 6.45) is 0. The van der Waals surface area contributed by atoms with Crippen molar-refractivity contribution >= 4 is 34.7 Å². The van der Waals surface area contributed by atoms with Crippen LogP contribution in [0.25, 0.3) is 5.76 Å². The zero-order valence-corrected chi connectivity index (χ0v) is 16.9. The van der Waals surface area contributed by atoms with E-state index in [9.17, 15) is 19.1 Å². The lowest BCUT2D eigenvalue weighted by atomic mass is 9.98. The van der Waals surface area contributed by atoms with E-state index in [1.807, 2.05) is 0 Å². The first-order chi connectivity index (χ1) is 14.3. The van der Waals surface area contributed by atoms with Gasteiger partial charge >= 0.3 is 0 Å². The van der Waals surface area contributed by atoms with Crippen molar-refractivity contribution < 1.29 is 23.5 Å². The van der Waals surface area contributed by atoms with Crippen LogP contribution in [0.1, 0.15) is 28.7 Å². The number of Topliss-reactive ketones (excluding diaryl/α,β-unsaturated/α-hetero) is 1. The SMILES string of the molecule is Cc1ccc(C2/C(=C(/O)c3ccc(F)c(C)c3)C(=O)C(=O)N2c2ccc(Cl)cc2)o1. The Kier molecular flexibility index (Phi) is 4.95. The third kappa shape index (κ3) is 3.29. The molecule has 2 aromatic carbocycles. The number of hydrogen-bond donors (Lipinski definition) is 1. The van der Waals surface area contributed by atoms with Crippen LogP contribution in [0.3, 0.4) is 0 Å². The molecule has 1 fully saturated rings. The molecule has 0 saturated carbocycles. The van der Waals surface area contributed by atoms with E-state index in [-0.39, 0.29) is 11.1 Å². The molecule has 0 radical (unpaired) electrons. The summed E-state index contributed by atoms with van der Waals surface area (Å²) in [5.41, 5.74) is 0.831. The Morgan fingerprint density at radius 3 is 2.37 bits per heavy atom. The van der Waals surface area contributed by atoms with Crippen LogP contribution in [0.5, 0.6) is 0 Å². The summed E-state index contributed by atoms with van der Waals surface area (Å²) < 4.78 is 19.4. The van der Waals surface area contributed by atoms with Crippen LogP contribution >= 0.6 is 11.6 Å². The minimum Gasteiger partial charge on any atom is -0.507 e. The molecule has 2 heterocycles. The molecular formula is C23H17ClFNO4. The smallest absolute Gasteiger partial charge is 0.300 e. The first kappa shape index (κ1) is 19.9. The summed E-state index contributed by atoms with van der Waals surface area (Å²) in [6.45, 7) is 3.28. The second-order valence-corrected chi connectivity index (χ2v) is 7.49. The standard InChI is InChI=1S/C23H17ClFNO4/c1-12-11-14(4-9-17(12)25)21(27)19-20(18-10-3-13(2)30-18)26(23(29)22(19)28)16-7-5-15(24)6-8-16/h3-11,20,27H,1-2H3/b21-19-. The molecule has 1 unspecified atom stereocenters. The predicted molar refractivity (Wildman–Crippen MR) is 111 cm³/mol. The van der Waals surface area contributed by atoms with E-state index in [1.54, 1.807) is 50.2 Å². The number of rotatable bonds is 3. The van der Waals surface area contributed by atoms with Crippen LogP contribution in [-0.4, -0.2) is 16.8 Å². The van der Waals surface area contributed by atoms with E-state index in [1.165, 1.54) is 23.1 Å². The molecule has 7 heteroatoms. The number of aliphatic hydroxyl groups excluding tert-OH is 1. The topological polar surface area (TPSA) is 70.8 Å². The summed E-state index contributed by atoms with van der Waals surface area (Å²) >= 11 is 5.96. The van der Waals surface area contributed by atoms with Gasteiger partial charge in [-0.05, 0) is 74.0 Å². The molecule has 0 aliphatic carbocycles. The average Bonchev–Trinajstić information content (AvgIpc) is 3.26. The summed E-state index contributed by atoms with van der Waals surface area (Å²) in [5, 5.41) is 11.4. The molecular weight excluding hydrogens is 409 g/mol. The van der Waals surface area contributed by atoms with Gasteiger partial charge in [-0.1, -0.05) is 11.6 Å². The lowest BCUT2D eigenvalue weighted by Gasteiger charge is -2.23. The molecule has 1 saturated heterocycles. The maximum absolute atomic E-state index is 13.7. The van der Waals surface area contributed by atoms with Gasteiger partial charge < -0.3 is 9.52 Å². The van der Waals surface area contributed by atoms with E-state index in [2.05, 4.69) is 0 Å². The zero-order valence-electron chi connectivity index (χ0n) is 16.1. The van der Waals surface area contributed by atoms with Crippen molar-refractivity contribution in [3.05, 3.63) is 93.7 Å². The predicted octanol–water partition coefficient (Wildman–Crippen LogP) is 5.32. The summed E-state index contributed by atoms with van der Waals surface area (Å²) in [7, 11) is 0. The molecule has 3 aromatic rings. The monoisotopic (exact) mass is 425 g/mol. The first-order valence-electron chi connectivity index (χ1n) is 9.17. The molecule has 1 aliphatic heterocycles. The number of halogens is 2. The Morgan fingerprint density at radius 1 is 1.07 bits per heavy atom. The summed E-state index contributed by atoms with van der Waals surface area (Å²) in [6, 6.07) is 12.8. The largest absolute Gasteiger partial charge is 0.507 e. The van der Waals surface area contributed by atoms with Crippen molar-refractivity contribution in [2.45, 2.75) is 19.9 Å². The zero-order chi connectivity index (χ0) is 21.6. The van der Waals surface area contributed by atoms with Crippen LogP contribution in [0, 0.1) is 19.7 Å². The number of amides is 1. The van der Waals surface area contributed by atoms with Gasteiger partial charge in [0.2, 0.25) is 0 Å². The van der Waals surface area contributed by atoms with Crippen LogP contribution in [0.15, 0.2) is 64.6 Å². The van der Waals surface area contributed by atoms with Gasteiger partial charge in [-0.15, -0.1) is 0 Å². The number of aliphatic hydroxyl groups is 1. The van der Waals surface area contributed by atoms with Crippen LogP contribution < -0.4 is 4.90 Å². The number of nitrogens with zero attached hydrogens (tertiary/aromatic N) is 1. The van der Waals surface area contributed by atoms with Gasteiger partial charge in [0.15, 0.2) is 0 Å². The fourth-order valence-corrected chi connectivity index (χ4v) is 3.64. The Labute approximate surface area is 177 Å². The highest BCUT2D eigenvalue weighted by Gasteiger charge is 2.48. The minimum atomic E-state index is -0.981. The van der Waals surface area contributed by atoms with E-state index in [0.717, 1.165) is 0 Å². The lowest BCUT2D eigenvalue weighted by molar-refractivity contribution is -0.132. The third-order valence-electron chi connectivity index (χ3n) is 5.01. The van der Waals surface area contributed by atoms with Crippen molar-refractivity contribution in [3.63, 3.8) is 0 Å². The maximum Gasteiger partial charge on any atom is 0.300 e. The van der Waals surface area contributed by atoms with Gasteiger partial charge in [0.25, 0.3) is 11.7 Å². The minimum absolute atomic E-state index is 0.129. The van der Waals surface area contributed by atoms with Crippen LogP contribution in [-0.2, 0) is 9.59 Å². The fraction of sp³-hybridized carbons (Fsp3) is 0.130. The molecule has 0 spiro atoms.